The molecule has 1 aromatic carbocycles. The number of benzene rings is 1. The van der Waals surface area contributed by atoms with Crippen LogP contribution in [-0.4, -0.2) is 5.91 Å². The first-order valence-electron chi connectivity index (χ1n) is 4.57. The van der Waals surface area contributed by atoms with Gasteiger partial charge in [0.25, 0.3) is 5.91 Å². The van der Waals surface area contributed by atoms with E-state index >= 15 is 0 Å². The van der Waals surface area contributed by atoms with Gasteiger partial charge in [0.2, 0.25) is 0 Å². The number of hydrogen-bond donors (Lipinski definition) is 1. The Kier molecular flexibility index (Phi) is 2.86. The normalized spacial score (nSPS) is 10.3. The molecule has 2 rings (SSSR count). The molecule has 1 amide bonds. The minimum absolute atomic E-state index is 0.104. The van der Waals surface area contributed by atoms with Crippen molar-refractivity contribution < 1.29 is 22.4 Å². The minimum Gasteiger partial charge on any atom is -0.459 e. The molecular formula is C11H6F3NO2. The van der Waals surface area contributed by atoms with Crippen molar-refractivity contribution >= 4 is 11.6 Å². The molecule has 17 heavy (non-hydrogen) atoms. The molecule has 0 bridgehead atoms. The number of furan rings is 1. The van der Waals surface area contributed by atoms with Crippen LogP contribution in [0.1, 0.15) is 10.6 Å². The van der Waals surface area contributed by atoms with Crippen LogP contribution in [0.3, 0.4) is 0 Å². The summed E-state index contributed by atoms with van der Waals surface area (Å²) in [7, 11) is 0. The van der Waals surface area contributed by atoms with E-state index in [1.165, 1.54) is 18.4 Å². The van der Waals surface area contributed by atoms with Crippen molar-refractivity contribution in [3.8, 4) is 0 Å². The van der Waals surface area contributed by atoms with Gasteiger partial charge in [-0.25, -0.2) is 13.2 Å². The number of amides is 1. The average Bonchev–Trinajstić information content (AvgIpc) is 2.76. The SMILES string of the molecule is O=C(Nc1c(F)cc(F)cc1F)c1ccco1. The summed E-state index contributed by atoms with van der Waals surface area (Å²) in [6.07, 6.45) is 1.24. The monoisotopic (exact) mass is 241 g/mol. The first-order chi connectivity index (χ1) is 8.08. The summed E-state index contributed by atoms with van der Waals surface area (Å²) in [5.74, 6) is -4.37. The smallest absolute Gasteiger partial charge is 0.291 e. The van der Waals surface area contributed by atoms with E-state index in [-0.39, 0.29) is 5.76 Å². The fourth-order valence-electron chi connectivity index (χ4n) is 1.24. The van der Waals surface area contributed by atoms with Crippen LogP contribution in [0.5, 0.6) is 0 Å². The third-order valence-electron chi connectivity index (χ3n) is 1.99. The highest BCUT2D eigenvalue weighted by Gasteiger charge is 2.16. The first-order valence-corrected chi connectivity index (χ1v) is 4.57. The van der Waals surface area contributed by atoms with E-state index in [1.807, 2.05) is 5.32 Å². The summed E-state index contributed by atoms with van der Waals surface area (Å²) < 4.78 is 43.7. The molecule has 0 aliphatic carbocycles. The highest BCUT2D eigenvalue weighted by atomic mass is 19.1. The lowest BCUT2D eigenvalue weighted by Crippen LogP contribution is -2.13. The Morgan fingerprint density at radius 2 is 1.82 bits per heavy atom. The van der Waals surface area contributed by atoms with Crippen LogP contribution in [-0.2, 0) is 0 Å². The van der Waals surface area contributed by atoms with Crippen molar-refractivity contribution in [1.29, 1.82) is 0 Å². The van der Waals surface area contributed by atoms with E-state index in [1.54, 1.807) is 0 Å². The molecule has 0 aliphatic heterocycles. The maximum absolute atomic E-state index is 13.2. The average molecular weight is 241 g/mol. The third kappa shape index (κ3) is 2.30. The number of carbonyl (C=O) groups is 1. The Bertz CT molecular complexity index is 529. The van der Waals surface area contributed by atoms with Gasteiger partial charge < -0.3 is 9.73 Å². The molecule has 0 atom stereocenters. The summed E-state index contributed by atoms with van der Waals surface area (Å²) in [4.78, 5) is 11.4. The minimum atomic E-state index is -1.19. The van der Waals surface area contributed by atoms with Gasteiger partial charge in [0, 0.05) is 12.1 Å². The predicted octanol–water partition coefficient (Wildman–Crippen LogP) is 2.95. The van der Waals surface area contributed by atoms with Crippen molar-refractivity contribution in [2.45, 2.75) is 0 Å². The maximum Gasteiger partial charge on any atom is 0.291 e. The molecule has 88 valence electrons. The topological polar surface area (TPSA) is 42.2 Å². The van der Waals surface area contributed by atoms with Gasteiger partial charge in [-0.1, -0.05) is 0 Å². The van der Waals surface area contributed by atoms with E-state index in [2.05, 4.69) is 0 Å². The molecule has 0 radical (unpaired) electrons. The van der Waals surface area contributed by atoms with E-state index in [9.17, 15) is 18.0 Å². The second kappa shape index (κ2) is 4.32. The first kappa shape index (κ1) is 11.3. The largest absolute Gasteiger partial charge is 0.459 e. The van der Waals surface area contributed by atoms with Gasteiger partial charge in [-0.2, -0.15) is 0 Å². The van der Waals surface area contributed by atoms with Crippen LogP contribution >= 0.6 is 0 Å². The number of carbonyl (C=O) groups excluding carboxylic acids is 1. The number of hydrogen-bond acceptors (Lipinski definition) is 2. The molecule has 0 fully saturated rings. The van der Waals surface area contributed by atoms with Crippen molar-refractivity contribution in [3.05, 3.63) is 53.7 Å². The van der Waals surface area contributed by atoms with Gasteiger partial charge in [-0.15, -0.1) is 0 Å². The summed E-state index contributed by atoms with van der Waals surface area (Å²) in [5, 5.41) is 1.96. The Labute approximate surface area is 93.9 Å². The van der Waals surface area contributed by atoms with Crippen molar-refractivity contribution in [2.75, 3.05) is 5.32 Å². The molecule has 1 heterocycles. The van der Waals surface area contributed by atoms with E-state index in [0.717, 1.165) is 0 Å². The maximum atomic E-state index is 13.2. The molecule has 1 aromatic heterocycles. The number of anilines is 1. The zero-order valence-corrected chi connectivity index (χ0v) is 8.34. The lowest BCUT2D eigenvalue weighted by molar-refractivity contribution is 0.0995. The fraction of sp³-hybridized carbons (Fsp3) is 0. The zero-order chi connectivity index (χ0) is 12.4. The second-order valence-corrected chi connectivity index (χ2v) is 3.18. The molecule has 2 aromatic rings. The summed E-state index contributed by atoms with van der Waals surface area (Å²) in [6, 6.07) is 3.72. The van der Waals surface area contributed by atoms with Crippen LogP contribution in [0.15, 0.2) is 34.9 Å². The number of halogens is 3. The molecule has 0 saturated heterocycles. The molecule has 0 aliphatic rings. The lowest BCUT2D eigenvalue weighted by atomic mass is 10.2. The van der Waals surface area contributed by atoms with Crippen LogP contribution in [0.4, 0.5) is 18.9 Å². The summed E-state index contributed by atoms with van der Waals surface area (Å²) in [6.45, 7) is 0. The van der Waals surface area contributed by atoms with Gasteiger partial charge in [-0.3, -0.25) is 4.79 Å². The summed E-state index contributed by atoms with van der Waals surface area (Å²) >= 11 is 0. The quantitative estimate of drug-likeness (QED) is 0.878. The number of nitrogens with one attached hydrogen (secondary N) is 1. The molecule has 0 saturated carbocycles. The van der Waals surface area contributed by atoms with E-state index in [0.29, 0.717) is 12.1 Å². The molecule has 1 N–H and O–H groups in total. The molecule has 6 heteroatoms. The zero-order valence-electron chi connectivity index (χ0n) is 8.34. The second-order valence-electron chi connectivity index (χ2n) is 3.18. The van der Waals surface area contributed by atoms with E-state index in [4.69, 9.17) is 4.42 Å². The van der Waals surface area contributed by atoms with Gasteiger partial charge in [0.1, 0.15) is 11.5 Å². The van der Waals surface area contributed by atoms with E-state index < -0.39 is 29.0 Å². The predicted molar refractivity (Wildman–Crippen MR) is 53.0 cm³/mol. The molecule has 0 spiro atoms. The summed E-state index contributed by atoms with van der Waals surface area (Å²) in [5.41, 5.74) is -0.715. The molecule has 3 nitrogen and oxygen atoms in total. The van der Waals surface area contributed by atoms with Crippen LogP contribution < -0.4 is 5.32 Å². The van der Waals surface area contributed by atoms with Crippen molar-refractivity contribution in [2.24, 2.45) is 0 Å². The van der Waals surface area contributed by atoms with Gasteiger partial charge in [0.05, 0.1) is 6.26 Å². The van der Waals surface area contributed by atoms with Gasteiger partial charge >= 0.3 is 0 Å². The van der Waals surface area contributed by atoms with Crippen LogP contribution in [0.25, 0.3) is 0 Å². The Morgan fingerprint density at radius 3 is 2.35 bits per heavy atom. The van der Waals surface area contributed by atoms with Gasteiger partial charge in [0.15, 0.2) is 17.4 Å². The standard InChI is InChI=1S/C11H6F3NO2/c12-6-4-7(13)10(8(14)5-6)15-11(16)9-2-1-3-17-9/h1-5H,(H,15,16). The lowest BCUT2D eigenvalue weighted by Gasteiger charge is -2.06. The Balaban J connectivity index is 2.28. The van der Waals surface area contributed by atoms with Crippen LogP contribution in [0, 0.1) is 17.5 Å². The van der Waals surface area contributed by atoms with Crippen molar-refractivity contribution in [1.82, 2.24) is 0 Å². The Morgan fingerprint density at radius 1 is 1.18 bits per heavy atom. The van der Waals surface area contributed by atoms with Crippen LogP contribution in [0.2, 0.25) is 0 Å². The molecule has 0 unspecified atom stereocenters. The van der Waals surface area contributed by atoms with Gasteiger partial charge in [-0.05, 0) is 12.1 Å². The third-order valence-corrected chi connectivity index (χ3v) is 1.99. The molecular weight excluding hydrogens is 235 g/mol. The Hall–Kier alpha value is -2.24. The fourth-order valence-corrected chi connectivity index (χ4v) is 1.24. The van der Waals surface area contributed by atoms with Crippen molar-refractivity contribution in [3.63, 3.8) is 0 Å². The highest BCUT2D eigenvalue weighted by Crippen LogP contribution is 2.20. The number of rotatable bonds is 2. The highest BCUT2D eigenvalue weighted by molar-refractivity contribution is 6.02.